The normalized spacial score (nSPS) is 20.8. The number of carboxylic acids is 1. The maximum Gasteiger partial charge on any atom is 0.416 e. The van der Waals surface area contributed by atoms with Crippen LogP contribution < -0.4 is 5.32 Å². The van der Waals surface area contributed by atoms with Gasteiger partial charge in [-0.3, -0.25) is 4.79 Å². The van der Waals surface area contributed by atoms with Crippen molar-refractivity contribution in [3.8, 4) is 0 Å². The summed E-state index contributed by atoms with van der Waals surface area (Å²) in [6.07, 6.45) is -3.93. The Morgan fingerprint density at radius 2 is 1.96 bits per heavy atom. The van der Waals surface area contributed by atoms with Gasteiger partial charge in [0, 0.05) is 18.9 Å². The number of carbonyl (C=O) groups is 2. The van der Waals surface area contributed by atoms with Crippen LogP contribution in [0.1, 0.15) is 50.7 Å². The second-order valence-corrected chi connectivity index (χ2v) is 7.72. The highest BCUT2D eigenvalue weighted by atomic mass is 19.4. The highest BCUT2D eigenvalue weighted by Gasteiger charge is 2.45. The van der Waals surface area contributed by atoms with E-state index in [-0.39, 0.29) is 18.9 Å². The van der Waals surface area contributed by atoms with E-state index in [1.54, 1.807) is 6.07 Å². The van der Waals surface area contributed by atoms with Crippen LogP contribution in [0.3, 0.4) is 0 Å². The van der Waals surface area contributed by atoms with Gasteiger partial charge in [0.1, 0.15) is 6.04 Å². The molecule has 1 aromatic rings. The third kappa shape index (κ3) is 6.23. The van der Waals surface area contributed by atoms with E-state index in [1.807, 2.05) is 20.8 Å². The van der Waals surface area contributed by atoms with Gasteiger partial charge in [-0.25, -0.2) is 4.79 Å². The van der Waals surface area contributed by atoms with Gasteiger partial charge in [-0.05, 0) is 44.7 Å². The molecule has 1 amide bonds. The summed E-state index contributed by atoms with van der Waals surface area (Å²) in [7, 11) is 0. The maximum atomic E-state index is 12.8. The molecule has 0 aromatic heterocycles. The Labute approximate surface area is 155 Å². The number of benzene rings is 1. The first-order chi connectivity index (χ1) is 12.4. The second kappa shape index (κ2) is 7.88. The molecule has 1 aliphatic rings. The van der Waals surface area contributed by atoms with Crippen molar-refractivity contribution in [1.29, 1.82) is 0 Å². The number of ether oxygens (including phenoxy) is 1. The molecule has 150 valence electrons. The number of amides is 1. The van der Waals surface area contributed by atoms with Crippen LogP contribution in [0.5, 0.6) is 0 Å². The molecule has 2 N–H and O–H groups in total. The number of carbonyl (C=O) groups excluding carboxylic acids is 1. The molecule has 8 heteroatoms. The van der Waals surface area contributed by atoms with Crippen LogP contribution in [0, 0.1) is 5.92 Å². The summed E-state index contributed by atoms with van der Waals surface area (Å²) in [4.78, 5) is 23.7. The average Bonchev–Trinajstić information content (AvgIpc) is 3.32. The highest BCUT2D eigenvalue weighted by Crippen LogP contribution is 2.48. The molecule has 27 heavy (non-hydrogen) atoms. The van der Waals surface area contributed by atoms with Gasteiger partial charge in [-0.1, -0.05) is 18.2 Å². The Morgan fingerprint density at radius 3 is 2.52 bits per heavy atom. The van der Waals surface area contributed by atoms with Crippen LogP contribution >= 0.6 is 0 Å². The zero-order valence-electron chi connectivity index (χ0n) is 15.5. The largest absolute Gasteiger partial charge is 0.480 e. The summed E-state index contributed by atoms with van der Waals surface area (Å²) in [6, 6.07) is 3.80. The topological polar surface area (TPSA) is 75.6 Å². The number of halogens is 3. The van der Waals surface area contributed by atoms with Crippen molar-refractivity contribution in [3.63, 3.8) is 0 Å². The smallest absolute Gasteiger partial charge is 0.416 e. The molecule has 1 fully saturated rings. The molecule has 0 spiro atoms. The summed E-state index contributed by atoms with van der Waals surface area (Å²) < 4.78 is 43.9. The molecule has 3 atom stereocenters. The lowest BCUT2D eigenvalue weighted by molar-refractivity contribution is -0.143. The van der Waals surface area contributed by atoms with Crippen LogP contribution in [0.4, 0.5) is 13.2 Å². The number of nitrogens with one attached hydrogen (secondary N) is 1. The fourth-order valence-corrected chi connectivity index (χ4v) is 2.82. The quantitative estimate of drug-likeness (QED) is 0.750. The van der Waals surface area contributed by atoms with Gasteiger partial charge in [-0.15, -0.1) is 0 Å². The molecule has 1 aliphatic carbocycles. The molecule has 0 bridgehead atoms. The van der Waals surface area contributed by atoms with Crippen LogP contribution in [0.15, 0.2) is 24.3 Å². The molecule has 0 heterocycles. The van der Waals surface area contributed by atoms with E-state index in [4.69, 9.17) is 4.74 Å². The van der Waals surface area contributed by atoms with Gasteiger partial charge in [0.2, 0.25) is 5.91 Å². The molecule has 3 unspecified atom stereocenters. The van der Waals surface area contributed by atoms with Crippen molar-refractivity contribution < 1.29 is 32.6 Å². The van der Waals surface area contributed by atoms with E-state index in [0.717, 1.165) is 12.1 Å². The maximum absolute atomic E-state index is 12.8. The van der Waals surface area contributed by atoms with Crippen LogP contribution in [0.25, 0.3) is 0 Å². The van der Waals surface area contributed by atoms with Crippen LogP contribution in [0.2, 0.25) is 0 Å². The third-order valence-electron chi connectivity index (χ3n) is 4.33. The van der Waals surface area contributed by atoms with Gasteiger partial charge >= 0.3 is 12.1 Å². The molecule has 2 rings (SSSR count). The predicted octanol–water partition coefficient (Wildman–Crippen LogP) is 3.58. The van der Waals surface area contributed by atoms with Crippen LogP contribution in [-0.4, -0.2) is 35.2 Å². The average molecular weight is 387 g/mol. The standard InChI is InChI=1S/C19H24F3NO4/c1-18(2,3)27-8-7-15(17(25)26)23-16(24)14-10-13(14)11-5-4-6-12(9-11)19(20,21)22/h4-6,9,13-15H,7-8,10H2,1-3H3,(H,23,24)(H,25,26). The number of hydrogen-bond donors (Lipinski definition) is 2. The van der Waals surface area contributed by atoms with Gasteiger partial charge in [0.25, 0.3) is 0 Å². The molecule has 1 saturated carbocycles. The second-order valence-electron chi connectivity index (χ2n) is 7.72. The van der Waals surface area contributed by atoms with E-state index in [0.29, 0.717) is 12.0 Å². The lowest BCUT2D eigenvalue weighted by Gasteiger charge is -2.21. The third-order valence-corrected chi connectivity index (χ3v) is 4.33. The van der Waals surface area contributed by atoms with Crippen molar-refractivity contribution >= 4 is 11.9 Å². The van der Waals surface area contributed by atoms with Gasteiger partial charge in [0.05, 0.1) is 11.2 Å². The number of alkyl halides is 3. The molecule has 5 nitrogen and oxygen atoms in total. The Kier molecular flexibility index (Phi) is 6.19. The van der Waals surface area contributed by atoms with Crippen molar-refractivity contribution in [2.24, 2.45) is 5.92 Å². The molecular weight excluding hydrogens is 363 g/mol. The zero-order chi connectivity index (χ0) is 20.4. The Balaban J connectivity index is 1.94. The van der Waals surface area contributed by atoms with Gasteiger partial charge in [0.15, 0.2) is 0 Å². The van der Waals surface area contributed by atoms with Gasteiger partial charge in [-0.2, -0.15) is 13.2 Å². The fraction of sp³-hybridized carbons (Fsp3) is 0.579. The molecule has 0 radical (unpaired) electrons. The molecule has 0 aliphatic heterocycles. The van der Waals surface area contributed by atoms with E-state index < -0.39 is 41.2 Å². The van der Waals surface area contributed by atoms with E-state index >= 15 is 0 Å². The number of rotatable bonds is 7. The zero-order valence-corrected chi connectivity index (χ0v) is 15.5. The van der Waals surface area contributed by atoms with Gasteiger partial charge < -0.3 is 15.2 Å². The lowest BCUT2D eigenvalue weighted by Crippen LogP contribution is -2.42. The fourth-order valence-electron chi connectivity index (χ4n) is 2.82. The number of carboxylic acid groups (broad SMARTS) is 1. The lowest BCUT2D eigenvalue weighted by atomic mass is 10.0. The monoisotopic (exact) mass is 387 g/mol. The van der Waals surface area contributed by atoms with E-state index in [2.05, 4.69) is 5.32 Å². The number of aliphatic carboxylic acids is 1. The van der Waals surface area contributed by atoms with E-state index in [1.165, 1.54) is 6.07 Å². The SMILES string of the molecule is CC(C)(C)OCCC(NC(=O)C1CC1c1cccc(C(F)(F)F)c1)C(=O)O. The summed E-state index contributed by atoms with van der Waals surface area (Å²) >= 11 is 0. The van der Waals surface area contributed by atoms with Crippen molar-refractivity contribution in [2.75, 3.05) is 6.61 Å². The number of hydrogen-bond acceptors (Lipinski definition) is 3. The minimum absolute atomic E-state index is 0.110. The van der Waals surface area contributed by atoms with E-state index in [9.17, 15) is 27.9 Å². The van der Waals surface area contributed by atoms with Crippen LogP contribution in [-0.2, 0) is 20.5 Å². The first-order valence-electron chi connectivity index (χ1n) is 8.73. The van der Waals surface area contributed by atoms with Crippen molar-refractivity contribution in [2.45, 2.75) is 57.3 Å². The highest BCUT2D eigenvalue weighted by molar-refractivity contribution is 5.87. The minimum Gasteiger partial charge on any atom is -0.480 e. The van der Waals surface area contributed by atoms with Crippen molar-refractivity contribution in [1.82, 2.24) is 5.32 Å². The minimum atomic E-state index is -4.44. The summed E-state index contributed by atoms with van der Waals surface area (Å²) in [5.41, 5.74) is -0.736. The molecular formula is C19H24F3NO4. The van der Waals surface area contributed by atoms with Crippen molar-refractivity contribution in [3.05, 3.63) is 35.4 Å². The Bertz CT molecular complexity index is 697. The molecule has 0 saturated heterocycles. The Hall–Kier alpha value is -2.09. The first-order valence-corrected chi connectivity index (χ1v) is 8.73. The summed E-state index contributed by atoms with van der Waals surface area (Å²) in [6.45, 7) is 5.68. The predicted molar refractivity (Wildman–Crippen MR) is 92.2 cm³/mol. The Morgan fingerprint density at radius 1 is 1.30 bits per heavy atom. The summed E-state index contributed by atoms with van der Waals surface area (Å²) in [5, 5.41) is 11.7. The molecule has 1 aromatic carbocycles. The summed E-state index contributed by atoms with van der Waals surface area (Å²) in [5.74, 6) is -2.47. The first kappa shape index (κ1) is 21.2.